The van der Waals surface area contributed by atoms with Crippen molar-refractivity contribution >= 4 is 0 Å². The highest BCUT2D eigenvalue weighted by molar-refractivity contribution is 5.11. The Bertz CT molecular complexity index is 340. The van der Waals surface area contributed by atoms with E-state index in [9.17, 15) is 0 Å². The fraction of sp³-hybridized carbons (Fsp3) is 0.692. The van der Waals surface area contributed by atoms with Gasteiger partial charge in [0.15, 0.2) is 0 Å². The average molecular weight is 239 g/mol. The van der Waals surface area contributed by atoms with Crippen LogP contribution in [-0.4, -0.2) is 18.3 Å². The van der Waals surface area contributed by atoms with E-state index in [0.29, 0.717) is 13.2 Å². The molecule has 0 aromatic carbocycles. The monoisotopic (exact) mass is 239 g/mol. The maximum Gasteiger partial charge on any atom is 0.129 e. The van der Waals surface area contributed by atoms with E-state index in [1.807, 2.05) is 6.07 Å². The van der Waals surface area contributed by atoms with Crippen molar-refractivity contribution in [3.8, 4) is 0 Å². The smallest absolute Gasteiger partial charge is 0.129 e. The molecule has 4 heteroatoms. The van der Waals surface area contributed by atoms with Crippen LogP contribution < -0.4 is 5.73 Å². The van der Waals surface area contributed by atoms with Crippen LogP contribution in [0.4, 0.5) is 0 Å². The van der Waals surface area contributed by atoms with Gasteiger partial charge >= 0.3 is 0 Å². The first-order chi connectivity index (χ1) is 8.17. The third-order valence-corrected chi connectivity index (χ3v) is 3.06. The molecule has 1 fully saturated rings. The maximum atomic E-state index is 5.85. The van der Waals surface area contributed by atoms with E-state index in [1.165, 1.54) is 0 Å². The highest BCUT2D eigenvalue weighted by Crippen LogP contribution is 2.22. The maximum absolute atomic E-state index is 5.85. The molecule has 0 radical (unpaired) electrons. The van der Waals surface area contributed by atoms with Gasteiger partial charge in [-0.3, -0.25) is 0 Å². The van der Waals surface area contributed by atoms with Gasteiger partial charge in [-0.2, -0.15) is 0 Å². The van der Waals surface area contributed by atoms with Crippen LogP contribution in [0, 0.1) is 0 Å². The second-order valence-corrected chi connectivity index (χ2v) is 4.79. The molecule has 1 saturated heterocycles. The largest absolute Gasteiger partial charge is 0.467 e. The Hall–Kier alpha value is -0.840. The van der Waals surface area contributed by atoms with Gasteiger partial charge in [-0.1, -0.05) is 0 Å². The summed E-state index contributed by atoms with van der Waals surface area (Å²) in [5, 5.41) is 0. The van der Waals surface area contributed by atoms with E-state index in [1.54, 1.807) is 6.26 Å². The molecule has 2 rings (SSSR count). The van der Waals surface area contributed by atoms with E-state index in [2.05, 4.69) is 13.8 Å². The van der Waals surface area contributed by atoms with Crippen LogP contribution in [0.25, 0.3) is 0 Å². The Morgan fingerprint density at radius 3 is 2.65 bits per heavy atom. The summed E-state index contributed by atoms with van der Waals surface area (Å²) in [5.41, 5.74) is 6.53. The van der Waals surface area contributed by atoms with E-state index in [0.717, 1.165) is 24.2 Å². The highest BCUT2D eigenvalue weighted by Gasteiger charge is 2.25. The van der Waals surface area contributed by atoms with Crippen LogP contribution in [0.15, 0.2) is 16.7 Å². The molecular weight excluding hydrogens is 218 g/mol. The lowest BCUT2D eigenvalue weighted by molar-refractivity contribution is -0.108. The van der Waals surface area contributed by atoms with Gasteiger partial charge in [0.05, 0.1) is 24.6 Å². The van der Waals surface area contributed by atoms with Crippen molar-refractivity contribution in [1.82, 2.24) is 0 Å². The second kappa shape index (κ2) is 5.67. The Balaban J connectivity index is 1.81. The van der Waals surface area contributed by atoms with Crippen molar-refractivity contribution in [3.63, 3.8) is 0 Å². The second-order valence-electron chi connectivity index (χ2n) is 4.79. The number of hydrogen-bond donors (Lipinski definition) is 1. The molecule has 0 aliphatic carbocycles. The Morgan fingerprint density at radius 1 is 1.35 bits per heavy atom. The number of rotatable bonds is 4. The van der Waals surface area contributed by atoms with Gasteiger partial charge < -0.3 is 19.6 Å². The van der Waals surface area contributed by atoms with Crippen LogP contribution in [-0.2, 0) is 22.6 Å². The van der Waals surface area contributed by atoms with Crippen molar-refractivity contribution in [2.45, 2.75) is 58.2 Å². The van der Waals surface area contributed by atoms with Gasteiger partial charge in [0.25, 0.3) is 0 Å². The summed E-state index contributed by atoms with van der Waals surface area (Å²) in [7, 11) is 0. The summed E-state index contributed by atoms with van der Waals surface area (Å²) >= 11 is 0. The summed E-state index contributed by atoms with van der Waals surface area (Å²) in [5.74, 6) is 0.845. The number of hydrogen-bond acceptors (Lipinski definition) is 4. The fourth-order valence-electron chi connectivity index (χ4n) is 2.29. The van der Waals surface area contributed by atoms with E-state index >= 15 is 0 Å². The minimum atomic E-state index is 0.264. The summed E-state index contributed by atoms with van der Waals surface area (Å²) in [6, 6.07) is 1.95. The molecule has 1 aromatic heterocycles. The van der Waals surface area contributed by atoms with Gasteiger partial charge in [-0.15, -0.1) is 0 Å². The molecule has 2 unspecified atom stereocenters. The predicted molar refractivity (Wildman–Crippen MR) is 64.4 cm³/mol. The first-order valence-electron chi connectivity index (χ1n) is 6.20. The van der Waals surface area contributed by atoms with E-state index in [4.69, 9.17) is 19.6 Å². The summed E-state index contributed by atoms with van der Waals surface area (Å²) in [6.45, 7) is 5.20. The van der Waals surface area contributed by atoms with Gasteiger partial charge in [0.1, 0.15) is 12.4 Å². The minimum Gasteiger partial charge on any atom is -0.467 e. The normalized spacial score (nSPS) is 29.5. The van der Waals surface area contributed by atoms with Crippen LogP contribution in [0.5, 0.6) is 0 Å². The number of ether oxygens (including phenoxy) is 2. The molecule has 1 aliphatic heterocycles. The molecule has 0 amide bonds. The third-order valence-electron chi connectivity index (χ3n) is 3.06. The molecule has 2 N–H and O–H groups in total. The Labute approximate surface area is 102 Å². The molecule has 1 aromatic rings. The lowest BCUT2D eigenvalue weighted by Gasteiger charge is -2.31. The van der Waals surface area contributed by atoms with Gasteiger partial charge in [-0.05, 0) is 32.8 Å². The predicted octanol–water partition coefficient (Wildman–Crippen LogP) is 2.21. The molecule has 1 aliphatic rings. The highest BCUT2D eigenvalue weighted by atomic mass is 16.5. The molecule has 17 heavy (non-hydrogen) atoms. The van der Waals surface area contributed by atoms with Crippen LogP contribution in [0.2, 0.25) is 0 Å². The van der Waals surface area contributed by atoms with Gasteiger partial charge in [0, 0.05) is 12.1 Å². The average Bonchev–Trinajstić information content (AvgIpc) is 2.73. The standard InChI is InChI=1S/C13H21NO3/c1-9-3-12(4-10(2)17-9)16-8-13-5-11(6-14)7-15-13/h5,7,9-10,12H,3-4,6,8,14H2,1-2H3. The SMILES string of the molecule is CC1CC(OCc2cc(CN)co2)CC(C)O1. The molecule has 0 spiro atoms. The van der Waals surface area contributed by atoms with Crippen LogP contribution in [0.3, 0.4) is 0 Å². The fourth-order valence-corrected chi connectivity index (χ4v) is 2.29. The van der Waals surface area contributed by atoms with Crippen molar-refractivity contribution in [2.24, 2.45) is 5.73 Å². The van der Waals surface area contributed by atoms with Crippen molar-refractivity contribution in [2.75, 3.05) is 0 Å². The summed E-state index contributed by atoms with van der Waals surface area (Å²) < 4.78 is 16.9. The third kappa shape index (κ3) is 3.56. The molecule has 96 valence electrons. The molecule has 0 bridgehead atoms. The Morgan fingerprint density at radius 2 is 2.06 bits per heavy atom. The van der Waals surface area contributed by atoms with Crippen molar-refractivity contribution < 1.29 is 13.9 Å². The molecule has 2 atom stereocenters. The quantitative estimate of drug-likeness (QED) is 0.875. The Kier molecular flexibility index (Phi) is 4.20. The van der Waals surface area contributed by atoms with Crippen LogP contribution >= 0.6 is 0 Å². The zero-order valence-corrected chi connectivity index (χ0v) is 10.5. The lowest BCUT2D eigenvalue weighted by Crippen LogP contribution is -2.33. The molecule has 0 saturated carbocycles. The topological polar surface area (TPSA) is 57.6 Å². The van der Waals surface area contributed by atoms with Crippen molar-refractivity contribution in [1.29, 1.82) is 0 Å². The molecule has 4 nitrogen and oxygen atoms in total. The number of furan rings is 1. The first-order valence-corrected chi connectivity index (χ1v) is 6.20. The molecular formula is C13H21NO3. The lowest BCUT2D eigenvalue weighted by atomic mass is 10.0. The summed E-state index contributed by atoms with van der Waals surface area (Å²) in [6.07, 6.45) is 4.41. The zero-order chi connectivity index (χ0) is 12.3. The van der Waals surface area contributed by atoms with Crippen LogP contribution in [0.1, 0.15) is 38.0 Å². The minimum absolute atomic E-state index is 0.264. The zero-order valence-electron chi connectivity index (χ0n) is 10.5. The first kappa shape index (κ1) is 12.6. The van der Waals surface area contributed by atoms with E-state index < -0.39 is 0 Å². The number of nitrogens with two attached hydrogens (primary N) is 1. The van der Waals surface area contributed by atoms with E-state index in [-0.39, 0.29) is 18.3 Å². The van der Waals surface area contributed by atoms with Gasteiger partial charge in [0.2, 0.25) is 0 Å². The molecule has 2 heterocycles. The van der Waals surface area contributed by atoms with Gasteiger partial charge in [-0.25, -0.2) is 0 Å². The van der Waals surface area contributed by atoms with Crippen molar-refractivity contribution in [3.05, 3.63) is 23.7 Å². The summed E-state index contributed by atoms with van der Waals surface area (Å²) in [4.78, 5) is 0.